The van der Waals surface area contributed by atoms with Gasteiger partial charge in [0.15, 0.2) is 15.7 Å². The number of amides is 2. The molecular weight excluding hydrogens is 418 g/mol. The van der Waals surface area contributed by atoms with Gasteiger partial charge < -0.3 is 21.5 Å². The Morgan fingerprint density at radius 2 is 1.81 bits per heavy atom. The highest BCUT2D eigenvalue weighted by Gasteiger charge is 2.46. The fourth-order valence-corrected chi connectivity index (χ4v) is 5.32. The number of hydrogen-bond acceptors (Lipinski definition) is 7. The molecule has 1 aromatic heterocycles. The number of urea groups is 1. The second kappa shape index (κ2) is 8.43. The van der Waals surface area contributed by atoms with E-state index in [9.17, 15) is 18.3 Å². The summed E-state index contributed by atoms with van der Waals surface area (Å²) in [4.78, 5) is 20.9. The van der Waals surface area contributed by atoms with Gasteiger partial charge in [0.2, 0.25) is 0 Å². The van der Waals surface area contributed by atoms with E-state index in [1.165, 1.54) is 6.26 Å². The smallest absolute Gasteiger partial charge is 0.319 e. The van der Waals surface area contributed by atoms with E-state index in [1.807, 2.05) is 0 Å². The number of nitrogen functional groups attached to an aromatic ring is 1. The maximum absolute atomic E-state index is 12.6. The zero-order valence-corrected chi connectivity index (χ0v) is 18.8. The number of aliphatic hydroxyl groups is 1. The first-order valence-corrected chi connectivity index (χ1v) is 12.0. The topological polar surface area (TPSA) is 147 Å². The van der Waals surface area contributed by atoms with Gasteiger partial charge in [0.05, 0.1) is 17.8 Å². The monoisotopic (exact) mass is 447 g/mol. The molecule has 3 rings (SSSR count). The maximum atomic E-state index is 12.6. The predicted octanol–water partition coefficient (Wildman–Crippen LogP) is 2.43. The maximum Gasteiger partial charge on any atom is 0.319 e. The quantitative estimate of drug-likeness (QED) is 0.531. The number of benzene rings is 1. The molecule has 0 atom stereocenters. The minimum Gasteiger partial charge on any atom is -0.394 e. The van der Waals surface area contributed by atoms with Crippen molar-refractivity contribution in [3.05, 3.63) is 36.0 Å². The minimum atomic E-state index is -3.39. The lowest BCUT2D eigenvalue weighted by atomic mass is 10.0. The van der Waals surface area contributed by atoms with Crippen molar-refractivity contribution in [3.63, 3.8) is 0 Å². The fourth-order valence-electron chi connectivity index (χ4n) is 3.80. The lowest BCUT2D eigenvalue weighted by Crippen LogP contribution is -2.48. The zero-order chi connectivity index (χ0) is 22.9. The van der Waals surface area contributed by atoms with Crippen molar-refractivity contribution in [2.75, 3.05) is 23.9 Å². The van der Waals surface area contributed by atoms with E-state index in [0.29, 0.717) is 35.6 Å². The average Bonchev–Trinajstić information content (AvgIpc) is 3.19. The van der Waals surface area contributed by atoms with Crippen molar-refractivity contribution in [2.24, 2.45) is 0 Å². The summed E-state index contributed by atoms with van der Waals surface area (Å²) in [5, 5.41) is 14.6. The zero-order valence-electron chi connectivity index (χ0n) is 18.0. The van der Waals surface area contributed by atoms with Crippen LogP contribution >= 0.6 is 0 Å². The predicted molar refractivity (Wildman–Crippen MR) is 120 cm³/mol. The van der Waals surface area contributed by atoms with E-state index >= 15 is 0 Å². The van der Waals surface area contributed by atoms with Crippen LogP contribution < -0.4 is 16.4 Å². The largest absolute Gasteiger partial charge is 0.394 e. The molecule has 1 saturated carbocycles. The summed E-state index contributed by atoms with van der Waals surface area (Å²) in [6.45, 7) is 3.22. The number of aromatic nitrogens is 2. The normalized spacial score (nSPS) is 16.1. The van der Waals surface area contributed by atoms with E-state index in [4.69, 9.17) is 5.73 Å². The number of carbonyl (C=O) groups excluding carboxylic acids is 1. The first-order chi connectivity index (χ1) is 14.5. The Hall–Kier alpha value is -2.72. The molecule has 1 aromatic carbocycles. The number of carbonyl (C=O) groups is 1. The van der Waals surface area contributed by atoms with Crippen LogP contribution in [0.25, 0.3) is 11.4 Å². The van der Waals surface area contributed by atoms with Crippen LogP contribution in [-0.4, -0.2) is 47.9 Å². The lowest BCUT2D eigenvalue weighted by molar-refractivity contribution is 0.187. The van der Waals surface area contributed by atoms with Crippen LogP contribution in [0, 0.1) is 0 Å². The molecule has 0 spiro atoms. The SMILES string of the molecule is CC(C)(CO)NC(=O)Nc1ccc(-c2nc(N)cc(C3(S(C)(=O)=O)CCCC3)n2)cc1. The van der Waals surface area contributed by atoms with Crippen molar-refractivity contribution in [3.8, 4) is 11.4 Å². The number of nitrogens with two attached hydrogens (primary N) is 1. The second-order valence-corrected chi connectivity index (χ2v) is 11.0. The molecule has 2 aromatic rings. The third-order valence-corrected chi connectivity index (χ3v) is 7.62. The highest BCUT2D eigenvalue weighted by molar-refractivity contribution is 7.91. The molecule has 1 aliphatic rings. The van der Waals surface area contributed by atoms with Gasteiger partial charge in [0, 0.05) is 23.6 Å². The molecule has 2 amide bonds. The molecule has 0 unspecified atom stereocenters. The molecule has 0 radical (unpaired) electrons. The van der Waals surface area contributed by atoms with E-state index in [-0.39, 0.29) is 12.4 Å². The molecule has 1 aliphatic carbocycles. The van der Waals surface area contributed by atoms with Crippen molar-refractivity contribution in [1.29, 1.82) is 0 Å². The van der Waals surface area contributed by atoms with Gasteiger partial charge in [-0.3, -0.25) is 0 Å². The van der Waals surface area contributed by atoms with Crippen molar-refractivity contribution < 1.29 is 18.3 Å². The Bertz CT molecular complexity index is 1060. The Morgan fingerprint density at radius 1 is 1.19 bits per heavy atom. The van der Waals surface area contributed by atoms with Crippen molar-refractivity contribution in [2.45, 2.75) is 49.8 Å². The van der Waals surface area contributed by atoms with Crippen molar-refractivity contribution in [1.82, 2.24) is 15.3 Å². The van der Waals surface area contributed by atoms with E-state index in [0.717, 1.165) is 12.8 Å². The second-order valence-electron chi connectivity index (χ2n) is 8.67. The lowest BCUT2D eigenvalue weighted by Gasteiger charge is -2.26. The summed E-state index contributed by atoms with van der Waals surface area (Å²) in [5.74, 6) is 0.546. The Balaban J connectivity index is 1.86. The first-order valence-electron chi connectivity index (χ1n) is 10.1. The molecule has 10 heteroatoms. The van der Waals surface area contributed by atoms with Crippen LogP contribution in [0.3, 0.4) is 0 Å². The molecule has 1 fully saturated rings. The summed E-state index contributed by atoms with van der Waals surface area (Å²) < 4.78 is 24.2. The number of hydrogen-bond donors (Lipinski definition) is 4. The molecule has 0 bridgehead atoms. The standard InChI is InChI=1S/C21H29N5O4S/c1-20(2,13-27)26-19(28)23-15-8-6-14(7-9-15)18-24-16(12-17(22)25-18)21(31(3,29)30)10-4-5-11-21/h6-9,12,27H,4-5,10-11,13H2,1-3H3,(H2,22,24,25)(H2,23,26,28). The first kappa shape index (κ1) is 23.0. The molecule has 0 saturated heterocycles. The number of nitrogens with one attached hydrogen (secondary N) is 2. The highest BCUT2D eigenvalue weighted by Crippen LogP contribution is 2.45. The third-order valence-electron chi connectivity index (χ3n) is 5.58. The van der Waals surface area contributed by atoms with Crippen LogP contribution in [0.4, 0.5) is 16.3 Å². The molecular formula is C21H29N5O4S. The van der Waals surface area contributed by atoms with Crippen LogP contribution in [0.5, 0.6) is 0 Å². The van der Waals surface area contributed by atoms with Gasteiger partial charge in [-0.1, -0.05) is 12.8 Å². The van der Waals surface area contributed by atoms with Crippen molar-refractivity contribution >= 4 is 27.4 Å². The number of aliphatic hydroxyl groups excluding tert-OH is 1. The van der Waals surface area contributed by atoms with E-state index in [2.05, 4.69) is 20.6 Å². The molecule has 0 aliphatic heterocycles. The van der Waals surface area contributed by atoms with E-state index in [1.54, 1.807) is 44.2 Å². The van der Waals surface area contributed by atoms with E-state index < -0.39 is 26.2 Å². The number of rotatable bonds is 6. The van der Waals surface area contributed by atoms with Gasteiger partial charge in [-0.25, -0.2) is 23.2 Å². The summed E-state index contributed by atoms with van der Waals surface area (Å²) in [6.07, 6.45) is 3.93. The summed E-state index contributed by atoms with van der Waals surface area (Å²) in [6, 6.07) is 7.95. The summed E-state index contributed by atoms with van der Waals surface area (Å²) in [5.41, 5.74) is 6.89. The Morgan fingerprint density at radius 3 is 2.35 bits per heavy atom. The number of nitrogens with zero attached hydrogens (tertiary/aromatic N) is 2. The Labute approximate surface area is 182 Å². The van der Waals surface area contributed by atoms with Crippen LogP contribution in [-0.2, 0) is 14.6 Å². The number of anilines is 2. The average molecular weight is 448 g/mol. The number of sulfone groups is 1. The van der Waals surface area contributed by atoms with Gasteiger partial charge in [0.25, 0.3) is 0 Å². The van der Waals surface area contributed by atoms with Gasteiger partial charge in [0.1, 0.15) is 10.6 Å². The molecule has 5 N–H and O–H groups in total. The third kappa shape index (κ3) is 4.96. The summed E-state index contributed by atoms with van der Waals surface area (Å²) in [7, 11) is -3.39. The molecule has 168 valence electrons. The minimum absolute atomic E-state index is 0.191. The molecule has 9 nitrogen and oxygen atoms in total. The van der Waals surface area contributed by atoms with Gasteiger partial charge in [-0.2, -0.15) is 0 Å². The summed E-state index contributed by atoms with van der Waals surface area (Å²) >= 11 is 0. The molecule has 1 heterocycles. The van der Waals surface area contributed by atoms with Crippen LogP contribution in [0.15, 0.2) is 30.3 Å². The Kier molecular flexibility index (Phi) is 6.24. The van der Waals surface area contributed by atoms with Gasteiger partial charge >= 0.3 is 6.03 Å². The molecule has 31 heavy (non-hydrogen) atoms. The fraction of sp³-hybridized carbons (Fsp3) is 0.476. The van der Waals surface area contributed by atoms with Gasteiger partial charge in [-0.05, 0) is 51.0 Å². The van der Waals surface area contributed by atoms with Gasteiger partial charge in [-0.15, -0.1) is 0 Å². The highest BCUT2D eigenvalue weighted by atomic mass is 32.2. The van der Waals surface area contributed by atoms with Crippen LogP contribution in [0.2, 0.25) is 0 Å². The van der Waals surface area contributed by atoms with Crippen LogP contribution in [0.1, 0.15) is 45.2 Å².